The van der Waals surface area contributed by atoms with Crippen molar-refractivity contribution < 1.29 is 9.59 Å². The molecular formula is C19H21ClN2O2. The van der Waals surface area contributed by atoms with Crippen LogP contribution in [0.4, 0.5) is 11.4 Å². The maximum Gasteiger partial charge on any atom is 0.226 e. The van der Waals surface area contributed by atoms with E-state index in [1.807, 2.05) is 38.1 Å². The lowest BCUT2D eigenvalue weighted by atomic mass is 10.2. The lowest BCUT2D eigenvalue weighted by Gasteiger charge is -2.21. The second kappa shape index (κ2) is 7.97. The molecule has 0 aliphatic rings. The Bertz CT molecular complexity index is 742. The highest BCUT2D eigenvalue weighted by molar-refractivity contribution is 6.30. The van der Waals surface area contributed by atoms with Crippen molar-refractivity contribution in [3.05, 3.63) is 58.6 Å². The summed E-state index contributed by atoms with van der Waals surface area (Å²) < 4.78 is 0. The topological polar surface area (TPSA) is 49.4 Å². The van der Waals surface area contributed by atoms with Gasteiger partial charge >= 0.3 is 0 Å². The number of hydrogen-bond acceptors (Lipinski definition) is 2. The molecule has 0 aromatic heterocycles. The molecule has 0 unspecified atom stereocenters. The highest BCUT2D eigenvalue weighted by Gasteiger charge is 2.14. The fourth-order valence-corrected chi connectivity index (χ4v) is 2.61. The van der Waals surface area contributed by atoms with Gasteiger partial charge in [-0.2, -0.15) is 0 Å². The minimum atomic E-state index is -0.140. The van der Waals surface area contributed by atoms with Gasteiger partial charge in [-0.15, -0.1) is 0 Å². The molecule has 0 atom stereocenters. The molecule has 0 bridgehead atoms. The SMILES string of the molecule is CC(=O)N(CCC(=O)Nc1ccc(Cl)cc1C)c1ccc(C)cc1. The smallest absolute Gasteiger partial charge is 0.226 e. The Morgan fingerprint density at radius 3 is 2.33 bits per heavy atom. The fraction of sp³-hybridized carbons (Fsp3) is 0.263. The predicted octanol–water partition coefficient (Wildman–Crippen LogP) is 4.34. The van der Waals surface area contributed by atoms with Crippen LogP contribution in [0.15, 0.2) is 42.5 Å². The number of nitrogens with one attached hydrogen (secondary N) is 1. The molecule has 5 heteroatoms. The van der Waals surface area contributed by atoms with Gasteiger partial charge in [0, 0.05) is 36.3 Å². The summed E-state index contributed by atoms with van der Waals surface area (Å²) in [6.07, 6.45) is 0.218. The third kappa shape index (κ3) is 4.83. The summed E-state index contributed by atoms with van der Waals surface area (Å²) in [6, 6.07) is 13.0. The summed E-state index contributed by atoms with van der Waals surface area (Å²) in [7, 11) is 0. The first kappa shape index (κ1) is 18.0. The lowest BCUT2D eigenvalue weighted by molar-refractivity contribution is -0.117. The molecule has 0 saturated carbocycles. The summed E-state index contributed by atoms with van der Waals surface area (Å²) in [4.78, 5) is 25.7. The molecule has 0 heterocycles. The Morgan fingerprint density at radius 1 is 1.08 bits per heavy atom. The zero-order valence-corrected chi connectivity index (χ0v) is 14.9. The highest BCUT2D eigenvalue weighted by Crippen LogP contribution is 2.20. The van der Waals surface area contributed by atoms with Gasteiger partial charge in [0.2, 0.25) is 11.8 Å². The monoisotopic (exact) mass is 344 g/mol. The third-order valence-corrected chi connectivity index (χ3v) is 3.99. The third-order valence-electron chi connectivity index (χ3n) is 3.75. The van der Waals surface area contributed by atoms with Crippen molar-refractivity contribution in [2.45, 2.75) is 27.2 Å². The molecule has 0 fully saturated rings. The van der Waals surface area contributed by atoms with Crippen LogP contribution in [0.5, 0.6) is 0 Å². The van der Waals surface area contributed by atoms with E-state index in [9.17, 15) is 9.59 Å². The zero-order chi connectivity index (χ0) is 17.7. The van der Waals surface area contributed by atoms with Crippen molar-refractivity contribution in [3.63, 3.8) is 0 Å². The highest BCUT2D eigenvalue weighted by atomic mass is 35.5. The van der Waals surface area contributed by atoms with Crippen molar-refractivity contribution >= 4 is 34.8 Å². The van der Waals surface area contributed by atoms with Crippen LogP contribution in [-0.4, -0.2) is 18.4 Å². The molecule has 24 heavy (non-hydrogen) atoms. The molecule has 0 radical (unpaired) electrons. The summed E-state index contributed by atoms with van der Waals surface area (Å²) in [6.45, 7) is 5.71. The minimum Gasteiger partial charge on any atom is -0.326 e. The molecule has 2 rings (SSSR count). The Morgan fingerprint density at radius 2 is 1.75 bits per heavy atom. The van der Waals surface area contributed by atoms with Gasteiger partial charge in [0.25, 0.3) is 0 Å². The molecule has 0 aliphatic carbocycles. The van der Waals surface area contributed by atoms with Crippen LogP contribution in [0.1, 0.15) is 24.5 Å². The Kier molecular flexibility index (Phi) is 5.99. The summed E-state index contributed by atoms with van der Waals surface area (Å²) in [5.74, 6) is -0.229. The Hall–Kier alpha value is -2.33. The van der Waals surface area contributed by atoms with Gasteiger partial charge in [0.1, 0.15) is 0 Å². The molecule has 2 amide bonds. The molecule has 2 aromatic rings. The van der Waals surface area contributed by atoms with Crippen molar-refractivity contribution in [3.8, 4) is 0 Å². The maximum atomic E-state index is 12.2. The number of amides is 2. The number of benzene rings is 2. The summed E-state index contributed by atoms with van der Waals surface area (Å²) in [5, 5.41) is 3.49. The molecule has 1 N–H and O–H groups in total. The first-order valence-electron chi connectivity index (χ1n) is 7.77. The van der Waals surface area contributed by atoms with E-state index in [4.69, 9.17) is 11.6 Å². The van der Waals surface area contributed by atoms with E-state index in [2.05, 4.69) is 5.32 Å². The van der Waals surface area contributed by atoms with Crippen molar-refractivity contribution in [1.29, 1.82) is 0 Å². The Balaban J connectivity index is 2.00. The Labute approximate surface area is 147 Å². The van der Waals surface area contributed by atoms with Gasteiger partial charge < -0.3 is 10.2 Å². The summed E-state index contributed by atoms with van der Waals surface area (Å²) in [5.41, 5.74) is 3.55. The number of hydrogen-bond donors (Lipinski definition) is 1. The van der Waals surface area contributed by atoms with E-state index < -0.39 is 0 Å². The number of aryl methyl sites for hydroxylation is 2. The second-order valence-electron chi connectivity index (χ2n) is 5.76. The van der Waals surface area contributed by atoms with Gasteiger partial charge in [-0.05, 0) is 49.7 Å². The van der Waals surface area contributed by atoms with Gasteiger partial charge in [-0.1, -0.05) is 29.3 Å². The lowest BCUT2D eigenvalue weighted by Crippen LogP contribution is -2.32. The molecule has 4 nitrogen and oxygen atoms in total. The molecular weight excluding hydrogens is 324 g/mol. The standard InChI is InChI=1S/C19H21ClN2O2/c1-13-4-7-17(8-5-13)22(15(3)23)11-10-19(24)21-18-9-6-16(20)12-14(18)2/h4-9,12H,10-11H2,1-3H3,(H,21,24). The van der Waals surface area contributed by atoms with Crippen LogP contribution >= 0.6 is 11.6 Å². The summed E-state index contributed by atoms with van der Waals surface area (Å²) >= 11 is 5.91. The number of carbonyl (C=O) groups excluding carboxylic acids is 2. The van der Waals surface area contributed by atoms with Crippen molar-refractivity contribution in [2.75, 3.05) is 16.8 Å². The van der Waals surface area contributed by atoms with Gasteiger partial charge in [-0.25, -0.2) is 0 Å². The van der Waals surface area contributed by atoms with Crippen LogP contribution in [0, 0.1) is 13.8 Å². The van der Waals surface area contributed by atoms with Crippen molar-refractivity contribution in [1.82, 2.24) is 0 Å². The van der Waals surface area contributed by atoms with Gasteiger partial charge in [0.15, 0.2) is 0 Å². The number of carbonyl (C=O) groups is 2. The predicted molar refractivity (Wildman–Crippen MR) is 98.6 cm³/mol. The van der Waals surface area contributed by atoms with Crippen LogP contribution in [0.25, 0.3) is 0 Å². The van der Waals surface area contributed by atoms with Crippen LogP contribution < -0.4 is 10.2 Å². The van der Waals surface area contributed by atoms with Crippen LogP contribution in [0.2, 0.25) is 5.02 Å². The average molecular weight is 345 g/mol. The molecule has 126 valence electrons. The quantitative estimate of drug-likeness (QED) is 0.877. The zero-order valence-electron chi connectivity index (χ0n) is 14.1. The molecule has 0 aliphatic heterocycles. The normalized spacial score (nSPS) is 10.3. The number of nitrogens with zero attached hydrogens (tertiary/aromatic N) is 1. The molecule has 2 aromatic carbocycles. The second-order valence-corrected chi connectivity index (χ2v) is 6.20. The van der Waals surface area contributed by atoms with Gasteiger partial charge in [-0.3, -0.25) is 9.59 Å². The first-order chi connectivity index (χ1) is 11.4. The average Bonchev–Trinajstić information content (AvgIpc) is 2.52. The number of anilines is 2. The molecule has 0 saturated heterocycles. The maximum absolute atomic E-state index is 12.2. The van der Waals surface area contributed by atoms with E-state index in [1.165, 1.54) is 6.92 Å². The van der Waals surface area contributed by atoms with Gasteiger partial charge in [0.05, 0.1) is 0 Å². The van der Waals surface area contributed by atoms with E-state index in [0.29, 0.717) is 11.6 Å². The van der Waals surface area contributed by atoms with Crippen LogP contribution in [0.3, 0.4) is 0 Å². The molecule has 0 spiro atoms. The number of rotatable bonds is 5. The van der Waals surface area contributed by atoms with E-state index in [0.717, 1.165) is 22.5 Å². The largest absolute Gasteiger partial charge is 0.326 e. The number of halogens is 1. The minimum absolute atomic E-state index is 0.0886. The van der Waals surface area contributed by atoms with Crippen LogP contribution in [-0.2, 0) is 9.59 Å². The van der Waals surface area contributed by atoms with E-state index in [1.54, 1.807) is 23.1 Å². The van der Waals surface area contributed by atoms with Crippen molar-refractivity contribution in [2.24, 2.45) is 0 Å². The first-order valence-corrected chi connectivity index (χ1v) is 8.15. The van der Waals surface area contributed by atoms with E-state index in [-0.39, 0.29) is 18.2 Å². The van der Waals surface area contributed by atoms with E-state index >= 15 is 0 Å². The fourth-order valence-electron chi connectivity index (χ4n) is 2.39.